The number of aromatic amines is 1. The summed E-state index contributed by atoms with van der Waals surface area (Å²) in [6.07, 6.45) is 3.87. The molecule has 2 rings (SSSR count). The number of hydrazine groups is 1. The summed E-state index contributed by atoms with van der Waals surface area (Å²) in [5.74, 6) is 6.04. The van der Waals surface area contributed by atoms with Crippen LogP contribution in [0.1, 0.15) is 31.5 Å². The van der Waals surface area contributed by atoms with Crippen molar-refractivity contribution in [3.05, 3.63) is 34.0 Å². The van der Waals surface area contributed by atoms with Crippen LogP contribution in [0.5, 0.6) is 0 Å². The Bertz CT molecular complexity index is 672. The molecule has 7 nitrogen and oxygen atoms in total. The molecule has 0 saturated carbocycles. The van der Waals surface area contributed by atoms with Crippen molar-refractivity contribution < 1.29 is 0 Å². The van der Waals surface area contributed by atoms with Crippen molar-refractivity contribution in [2.45, 2.75) is 43.3 Å². The van der Waals surface area contributed by atoms with E-state index in [4.69, 9.17) is 5.84 Å². The SMILES string of the molecule is CCCc1cc(=O)[nH]c(Sc2ncnc(NN)c2CC)n1. The Morgan fingerprint density at radius 2 is 2.19 bits per heavy atom. The molecule has 0 radical (unpaired) electrons. The van der Waals surface area contributed by atoms with Crippen LogP contribution in [-0.2, 0) is 12.8 Å². The summed E-state index contributed by atoms with van der Waals surface area (Å²) in [6.45, 7) is 4.04. The summed E-state index contributed by atoms with van der Waals surface area (Å²) in [7, 11) is 0. The fraction of sp³-hybridized carbons (Fsp3) is 0.385. The van der Waals surface area contributed by atoms with E-state index in [2.05, 4.69) is 32.3 Å². The fourth-order valence-corrected chi connectivity index (χ4v) is 2.90. The summed E-state index contributed by atoms with van der Waals surface area (Å²) in [5, 5.41) is 1.26. The van der Waals surface area contributed by atoms with Crippen molar-refractivity contribution in [2.75, 3.05) is 5.43 Å². The number of hydrogen-bond acceptors (Lipinski definition) is 7. The highest BCUT2D eigenvalue weighted by Gasteiger charge is 2.12. The van der Waals surface area contributed by atoms with E-state index in [0.29, 0.717) is 11.0 Å². The van der Waals surface area contributed by atoms with Gasteiger partial charge in [-0.05, 0) is 24.6 Å². The van der Waals surface area contributed by atoms with Crippen LogP contribution in [0.25, 0.3) is 0 Å². The summed E-state index contributed by atoms with van der Waals surface area (Å²) in [5.41, 5.74) is 4.09. The Labute approximate surface area is 126 Å². The summed E-state index contributed by atoms with van der Waals surface area (Å²) in [4.78, 5) is 27.2. The number of aryl methyl sites for hydroxylation is 1. The zero-order chi connectivity index (χ0) is 15.2. The van der Waals surface area contributed by atoms with Crippen molar-refractivity contribution in [3.8, 4) is 0 Å². The van der Waals surface area contributed by atoms with Gasteiger partial charge in [-0.15, -0.1) is 0 Å². The van der Waals surface area contributed by atoms with Crippen LogP contribution >= 0.6 is 11.8 Å². The van der Waals surface area contributed by atoms with Crippen LogP contribution in [0.15, 0.2) is 27.4 Å². The Kier molecular flexibility index (Phi) is 5.29. The average molecular weight is 306 g/mol. The van der Waals surface area contributed by atoms with Gasteiger partial charge in [0.15, 0.2) is 5.16 Å². The van der Waals surface area contributed by atoms with Gasteiger partial charge in [-0.3, -0.25) is 4.79 Å². The van der Waals surface area contributed by atoms with Crippen LogP contribution < -0.4 is 16.8 Å². The van der Waals surface area contributed by atoms with Crippen molar-refractivity contribution in [1.29, 1.82) is 0 Å². The molecule has 0 amide bonds. The zero-order valence-corrected chi connectivity index (χ0v) is 12.8. The number of aromatic nitrogens is 4. The molecule has 21 heavy (non-hydrogen) atoms. The molecular weight excluding hydrogens is 288 g/mol. The third kappa shape index (κ3) is 3.79. The first-order chi connectivity index (χ1) is 10.2. The van der Waals surface area contributed by atoms with Gasteiger partial charge in [0.25, 0.3) is 5.56 Å². The third-order valence-electron chi connectivity index (χ3n) is 2.87. The van der Waals surface area contributed by atoms with Gasteiger partial charge in [-0.2, -0.15) is 0 Å². The van der Waals surface area contributed by atoms with Crippen molar-refractivity contribution in [2.24, 2.45) is 5.84 Å². The lowest BCUT2D eigenvalue weighted by molar-refractivity contribution is 0.813. The maximum atomic E-state index is 11.7. The van der Waals surface area contributed by atoms with Gasteiger partial charge in [-0.1, -0.05) is 20.3 Å². The molecule has 0 fully saturated rings. The molecule has 0 saturated heterocycles. The monoisotopic (exact) mass is 306 g/mol. The molecule has 4 N–H and O–H groups in total. The normalized spacial score (nSPS) is 10.6. The maximum Gasteiger partial charge on any atom is 0.251 e. The number of anilines is 1. The van der Waals surface area contributed by atoms with E-state index in [1.165, 1.54) is 24.2 Å². The van der Waals surface area contributed by atoms with E-state index in [-0.39, 0.29) is 5.56 Å². The van der Waals surface area contributed by atoms with Crippen LogP contribution in [0.3, 0.4) is 0 Å². The van der Waals surface area contributed by atoms with Crippen LogP contribution in [0, 0.1) is 0 Å². The van der Waals surface area contributed by atoms with Gasteiger partial charge in [0.1, 0.15) is 17.2 Å². The Morgan fingerprint density at radius 3 is 2.86 bits per heavy atom. The molecule has 0 bridgehead atoms. The van der Waals surface area contributed by atoms with E-state index >= 15 is 0 Å². The summed E-state index contributed by atoms with van der Waals surface area (Å²) in [6, 6.07) is 1.53. The molecule has 0 unspecified atom stereocenters. The first kappa shape index (κ1) is 15.5. The number of rotatable bonds is 6. The molecular formula is C13H18N6OS. The fourth-order valence-electron chi connectivity index (χ4n) is 1.93. The lowest BCUT2D eigenvalue weighted by atomic mass is 10.2. The Balaban J connectivity index is 2.36. The predicted molar refractivity (Wildman–Crippen MR) is 82.2 cm³/mol. The highest BCUT2D eigenvalue weighted by molar-refractivity contribution is 7.99. The molecule has 0 aliphatic carbocycles. The molecule has 2 aromatic heterocycles. The van der Waals surface area contributed by atoms with Gasteiger partial charge >= 0.3 is 0 Å². The molecule has 2 aromatic rings. The number of H-pyrrole nitrogens is 1. The highest BCUT2D eigenvalue weighted by atomic mass is 32.2. The van der Waals surface area contributed by atoms with E-state index in [0.717, 1.165) is 35.5 Å². The molecule has 0 atom stereocenters. The van der Waals surface area contributed by atoms with Gasteiger partial charge in [0.05, 0.1) is 0 Å². The van der Waals surface area contributed by atoms with Crippen molar-refractivity contribution in [3.63, 3.8) is 0 Å². The smallest absolute Gasteiger partial charge is 0.251 e. The second kappa shape index (κ2) is 7.19. The second-order valence-corrected chi connectivity index (χ2v) is 5.38. The number of nitrogens with zero attached hydrogens (tertiary/aromatic N) is 3. The lowest BCUT2D eigenvalue weighted by Gasteiger charge is -2.10. The highest BCUT2D eigenvalue weighted by Crippen LogP contribution is 2.28. The standard InChI is InChI=1S/C13H18N6OS/c1-3-5-8-6-10(20)18-13(17-8)21-12-9(4-2)11(19-14)15-7-16-12/h6-7H,3-5,14H2,1-2H3,(H,15,16,19)(H,17,18,20). The number of nitrogens with one attached hydrogen (secondary N) is 2. The van der Waals surface area contributed by atoms with Gasteiger partial charge in [-0.25, -0.2) is 20.8 Å². The molecule has 2 heterocycles. The van der Waals surface area contributed by atoms with Crippen LogP contribution in [0.2, 0.25) is 0 Å². The van der Waals surface area contributed by atoms with Gasteiger partial charge < -0.3 is 10.4 Å². The summed E-state index contributed by atoms with van der Waals surface area (Å²) < 4.78 is 0. The van der Waals surface area contributed by atoms with E-state index in [1.807, 2.05) is 6.92 Å². The molecule has 112 valence electrons. The second-order valence-electron chi connectivity index (χ2n) is 4.40. The van der Waals surface area contributed by atoms with Crippen molar-refractivity contribution >= 4 is 17.6 Å². The molecule has 0 aromatic carbocycles. The predicted octanol–water partition coefficient (Wildman–Crippen LogP) is 1.51. The molecule has 0 spiro atoms. The largest absolute Gasteiger partial charge is 0.308 e. The van der Waals surface area contributed by atoms with Crippen LogP contribution in [0.4, 0.5) is 5.82 Å². The minimum atomic E-state index is -0.153. The Morgan fingerprint density at radius 1 is 1.38 bits per heavy atom. The first-order valence-corrected chi connectivity index (χ1v) is 7.58. The minimum absolute atomic E-state index is 0.153. The Hall–Kier alpha value is -1.93. The quantitative estimate of drug-likeness (QED) is 0.321. The summed E-state index contributed by atoms with van der Waals surface area (Å²) >= 11 is 1.31. The maximum absolute atomic E-state index is 11.7. The van der Waals surface area contributed by atoms with E-state index < -0.39 is 0 Å². The van der Waals surface area contributed by atoms with Gasteiger partial charge in [0, 0.05) is 17.3 Å². The molecule has 0 aliphatic heterocycles. The van der Waals surface area contributed by atoms with Crippen molar-refractivity contribution in [1.82, 2.24) is 19.9 Å². The van der Waals surface area contributed by atoms with Gasteiger partial charge in [0.2, 0.25) is 0 Å². The van der Waals surface area contributed by atoms with E-state index in [9.17, 15) is 4.79 Å². The topological polar surface area (TPSA) is 110 Å². The first-order valence-electron chi connectivity index (χ1n) is 6.76. The average Bonchev–Trinajstić information content (AvgIpc) is 2.46. The number of nitrogen functional groups attached to an aromatic ring is 1. The number of nitrogens with two attached hydrogens (primary N) is 1. The van der Waals surface area contributed by atoms with E-state index in [1.54, 1.807) is 0 Å². The zero-order valence-electron chi connectivity index (χ0n) is 12.0. The molecule has 8 heteroatoms. The molecule has 0 aliphatic rings. The third-order valence-corrected chi connectivity index (χ3v) is 3.80. The lowest BCUT2D eigenvalue weighted by Crippen LogP contribution is -2.13. The van der Waals surface area contributed by atoms with Crippen LogP contribution in [-0.4, -0.2) is 19.9 Å². The minimum Gasteiger partial charge on any atom is -0.308 e. The number of hydrogen-bond donors (Lipinski definition) is 3.